The molecule has 142 valence electrons. The summed E-state index contributed by atoms with van der Waals surface area (Å²) in [6.07, 6.45) is 4.89. The van der Waals surface area contributed by atoms with Gasteiger partial charge in [-0.2, -0.15) is 0 Å². The number of carbonyl (C=O) groups excluding carboxylic acids is 1. The van der Waals surface area contributed by atoms with Gasteiger partial charge >= 0.3 is 0 Å². The van der Waals surface area contributed by atoms with E-state index < -0.39 is 0 Å². The van der Waals surface area contributed by atoms with Crippen LogP contribution < -0.4 is 14.8 Å². The molecule has 2 aromatic rings. The molecule has 0 spiro atoms. The Hall–Kier alpha value is -2.47. The monoisotopic (exact) mass is 387 g/mol. The van der Waals surface area contributed by atoms with Crippen LogP contribution in [0.15, 0.2) is 30.5 Å². The fourth-order valence-corrected chi connectivity index (χ4v) is 3.63. The minimum Gasteiger partial charge on any atom is -0.454 e. The Balaban J connectivity index is 1.47. The molecule has 6 nitrogen and oxygen atoms in total. The SMILES string of the molecule is C[C@@H](Nc1ncc(C(=O)N2CCCCC2)cc1Cl)c1ccc2c(c1)OCO2. The number of likely N-dealkylation sites (tertiary alicyclic amines) is 1. The number of rotatable bonds is 4. The lowest BCUT2D eigenvalue weighted by molar-refractivity contribution is 0.0724. The van der Waals surface area contributed by atoms with Gasteiger partial charge in [-0.05, 0) is 49.9 Å². The fourth-order valence-electron chi connectivity index (χ4n) is 3.41. The number of amides is 1. The number of nitrogens with zero attached hydrogens (tertiary/aromatic N) is 2. The van der Waals surface area contributed by atoms with Gasteiger partial charge in [0.1, 0.15) is 5.82 Å². The van der Waals surface area contributed by atoms with Crippen LogP contribution in [0, 0.1) is 0 Å². The average Bonchev–Trinajstić information content (AvgIpc) is 3.17. The van der Waals surface area contributed by atoms with Crippen molar-refractivity contribution in [3.05, 3.63) is 46.6 Å². The highest BCUT2D eigenvalue weighted by Gasteiger charge is 2.20. The highest BCUT2D eigenvalue weighted by Crippen LogP contribution is 2.35. The molecule has 0 saturated carbocycles. The van der Waals surface area contributed by atoms with Gasteiger partial charge in [0.05, 0.1) is 16.6 Å². The molecule has 3 heterocycles. The Morgan fingerprint density at radius 2 is 1.96 bits per heavy atom. The third-order valence-electron chi connectivity index (χ3n) is 4.98. The topological polar surface area (TPSA) is 63.7 Å². The smallest absolute Gasteiger partial charge is 0.255 e. The summed E-state index contributed by atoms with van der Waals surface area (Å²) in [5.41, 5.74) is 1.56. The van der Waals surface area contributed by atoms with Crippen LogP contribution in [0.4, 0.5) is 5.82 Å². The zero-order valence-electron chi connectivity index (χ0n) is 15.2. The van der Waals surface area contributed by atoms with Gasteiger partial charge in [0.2, 0.25) is 6.79 Å². The van der Waals surface area contributed by atoms with E-state index in [9.17, 15) is 4.79 Å². The van der Waals surface area contributed by atoms with E-state index in [2.05, 4.69) is 10.3 Å². The molecular weight excluding hydrogens is 366 g/mol. The van der Waals surface area contributed by atoms with Crippen LogP contribution in [0.25, 0.3) is 0 Å². The highest BCUT2D eigenvalue weighted by molar-refractivity contribution is 6.33. The van der Waals surface area contributed by atoms with Gasteiger partial charge in [0.25, 0.3) is 5.91 Å². The number of carbonyl (C=O) groups is 1. The molecule has 1 N–H and O–H groups in total. The molecule has 1 aromatic carbocycles. The van der Waals surface area contributed by atoms with Crippen LogP contribution in [-0.2, 0) is 0 Å². The van der Waals surface area contributed by atoms with Crippen LogP contribution in [0.3, 0.4) is 0 Å². The zero-order valence-corrected chi connectivity index (χ0v) is 16.0. The zero-order chi connectivity index (χ0) is 18.8. The lowest BCUT2D eigenvalue weighted by Gasteiger charge is -2.26. The number of piperidine rings is 1. The van der Waals surface area contributed by atoms with Gasteiger partial charge < -0.3 is 19.7 Å². The number of nitrogens with one attached hydrogen (secondary N) is 1. The van der Waals surface area contributed by atoms with Crippen molar-refractivity contribution in [2.24, 2.45) is 0 Å². The molecule has 2 aliphatic rings. The molecular formula is C20H22ClN3O3. The normalized spacial score (nSPS) is 16.9. The first-order chi connectivity index (χ1) is 13.1. The molecule has 0 bridgehead atoms. The number of benzene rings is 1. The lowest BCUT2D eigenvalue weighted by Crippen LogP contribution is -2.35. The third kappa shape index (κ3) is 3.81. The number of fused-ring (bicyclic) bond motifs is 1. The minimum atomic E-state index is -0.0341. The lowest BCUT2D eigenvalue weighted by atomic mass is 10.1. The Kier molecular flexibility index (Phi) is 5.07. The van der Waals surface area contributed by atoms with Crippen molar-refractivity contribution in [2.45, 2.75) is 32.2 Å². The van der Waals surface area contributed by atoms with Gasteiger partial charge in [-0.15, -0.1) is 0 Å². The predicted octanol–water partition coefficient (Wildman–Crippen LogP) is 4.26. The van der Waals surface area contributed by atoms with E-state index in [-0.39, 0.29) is 18.7 Å². The summed E-state index contributed by atoms with van der Waals surface area (Å²) in [6.45, 7) is 3.87. The van der Waals surface area contributed by atoms with Crippen molar-refractivity contribution in [1.82, 2.24) is 9.88 Å². The van der Waals surface area contributed by atoms with E-state index in [1.54, 1.807) is 12.3 Å². The Bertz CT molecular complexity index is 852. The largest absolute Gasteiger partial charge is 0.454 e. The van der Waals surface area contributed by atoms with Crippen LogP contribution in [0.2, 0.25) is 5.02 Å². The number of hydrogen-bond donors (Lipinski definition) is 1. The predicted molar refractivity (Wildman–Crippen MR) is 104 cm³/mol. The second kappa shape index (κ2) is 7.64. The number of ether oxygens (including phenoxy) is 2. The molecule has 0 aliphatic carbocycles. The van der Waals surface area contributed by atoms with E-state index in [1.807, 2.05) is 30.0 Å². The summed E-state index contributed by atoms with van der Waals surface area (Å²) in [4.78, 5) is 18.9. The van der Waals surface area contributed by atoms with E-state index in [0.717, 1.165) is 43.0 Å². The van der Waals surface area contributed by atoms with E-state index in [0.29, 0.717) is 16.4 Å². The summed E-state index contributed by atoms with van der Waals surface area (Å²) in [6, 6.07) is 7.48. The first-order valence-electron chi connectivity index (χ1n) is 9.23. The third-order valence-corrected chi connectivity index (χ3v) is 5.27. The molecule has 1 saturated heterocycles. The van der Waals surface area contributed by atoms with E-state index >= 15 is 0 Å². The summed E-state index contributed by atoms with van der Waals surface area (Å²) in [7, 11) is 0. The second-order valence-electron chi connectivity index (χ2n) is 6.89. The van der Waals surface area contributed by atoms with Crippen LogP contribution in [-0.4, -0.2) is 35.7 Å². The molecule has 0 unspecified atom stereocenters. The Morgan fingerprint density at radius 1 is 1.19 bits per heavy atom. The van der Waals surface area contributed by atoms with Crippen molar-refractivity contribution in [2.75, 3.05) is 25.2 Å². The Morgan fingerprint density at radius 3 is 2.74 bits per heavy atom. The maximum absolute atomic E-state index is 12.6. The van der Waals surface area contributed by atoms with Gasteiger partial charge in [0.15, 0.2) is 11.5 Å². The summed E-state index contributed by atoms with van der Waals surface area (Å²) in [5.74, 6) is 2.04. The highest BCUT2D eigenvalue weighted by atomic mass is 35.5. The molecule has 4 rings (SSSR count). The molecule has 1 aromatic heterocycles. The Labute approximate surface area is 163 Å². The average molecular weight is 388 g/mol. The molecule has 7 heteroatoms. The number of pyridine rings is 1. The molecule has 1 amide bonds. The minimum absolute atomic E-state index is 0.000491. The van der Waals surface area contributed by atoms with Crippen LogP contribution in [0.1, 0.15) is 48.1 Å². The van der Waals surface area contributed by atoms with Gasteiger partial charge in [0, 0.05) is 19.3 Å². The first kappa shape index (κ1) is 17.9. The van der Waals surface area contributed by atoms with E-state index in [1.165, 1.54) is 6.42 Å². The van der Waals surface area contributed by atoms with Gasteiger partial charge in [-0.1, -0.05) is 17.7 Å². The van der Waals surface area contributed by atoms with Crippen molar-refractivity contribution in [3.8, 4) is 11.5 Å². The number of halogens is 1. The summed E-state index contributed by atoms with van der Waals surface area (Å²) in [5, 5.41) is 3.73. The number of aromatic nitrogens is 1. The fraction of sp³-hybridized carbons (Fsp3) is 0.400. The molecule has 27 heavy (non-hydrogen) atoms. The van der Waals surface area contributed by atoms with Crippen molar-refractivity contribution in [3.63, 3.8) is 0 Å². The summed E-state index contributed by atoms with van der Waals surface area (Å²) < 4.78 is 10.8. The quantitative estimate of drug-likeness (QED) is 0.849. The standard InChI is InChI=1S/C20H22ClN3O3/c1-13(14-5-6-17-18(10-14)27-12-26-17)23-19-16(21)9-15(11-22-19)20(25)24-7-3-2-4-8-24/h5-6,9-11,13H,2-4,7-8,12H2,1H3,(H,22,23)/t13-/m1/s1. The van der Waals surface area contributed by atoms with Gasteiger partial charge in [-0.3, -0.25) is 4.79 Å². The van der Waals surface area contributed by atoms with Crippen molar-refractivity contribution < 1.29 is 14.3 Å². The van der Waals surface area contributed by atoms with Crippen molar-refractivity contribution >= 4 is 23.3 Å². The molecule has 1 fully saturated rings. The van der Waals surface area contributed by atoms with Crippen molar-refractivity contribution in [1.29, 1.82) is 0 Å². The molecule has 1 atom stereocenters. The number of hydrogen-bond acceptors (Lipinski definition) is 5. The number of anilines is 1. The first-order valence-corrected chi connectivity index (χ1v) is 9.60. The van der Waals surface area contributed by atoms with E-state index in [4.69, 9.17) is 21.1 Å². The molecule has 0 radical (unpaired) electrons. The second-order valence-corrected chi connectivity index (χ2v) is 7.29. The van der Waals surface area contributed by atoms with Crippen LogP contribution in [0.5, 0.6) is 11.5 Å². The maximum Gasteiger partial charge on any atom is 0.255 e. The maximum atomic E-state index is 12.6. The molecule has 2 aliphatic heterocycles. The van der Waals surface area contributed by atoms with Crippen LogP contribution >= 0.6 is 11.6 Å². The van der Waals surface area contributed by atoms with Gasteiger partial charge in [-0.25, -0.2) is 4.98 Å². The summed E-state index contributed by atoms with van der Waals surface area (Å²) >= 11 is 6.40.